The quantitative estimate of drug-likeness (QED) is 0.391. The Balaban J connectivity index is 2.06. The number of amides is 1. The molecule has 0 bridgehead atoms. The Kier molecular flexibility index (Phi) is 7.48. The predicted octanol–water partition coefficient (Wildman–Crippen LogP) is 5.61. The van der Waals surface area contributed by atoms with Crippen LogP contribution in [0.1, 0.15) is 12.5 Å². The SMILES string of the molecule is COc1ccc(N(C(=O)C(C)Oc2cccc(Br)c2)S(=O)(=O)c2ccc(C)cc2)cc1Cl. The minimum absolute atomic E-state index is 0.0296. The van der Waals surface area contributed by atoms with E-state index in [1.807, 2.05) is 13.0 Å². The van der Waals surface area contributed by atoms with Crippen molar-refractivity contribution in [1.82, 2.24) is 0 Å². The highest BCUT2D eigenvalue weighted by Crippen LogP contribution is 2.33. The largest absolute Gasteiger partial charge is 0.495 e. The first kappa shape index (κ1) is 24.1. The first-order chi connectivity index (χ1) is 15.1. The molecule has 0 fully saturated rings. The number of rotatable bonds is 7. The van der Waals surface area contributed by atoms with E-state index in [2.05, 4.69) is 15.9 Å². The molecule has 0 saturated heterocycles. The molecule has 1 unspecified atom stereocenters. The molecule has 0 heterocycles. The van der Waals surface area contributed by atoms with Crippen LogP contribution in [-0.4, -0.2) is 27.5 Å². The molecule has 0 aliphatic carbocycles. The fourth-order valence-electron chi connectivity index (χ4n) is 2.94. The molecule has 6 nitrogen and oxygen atoms in total. The van der Waals surface area contributed by atoms with Crippen LogP contribution in [0.15, 0.2) is 76.1 Å². The lowest BCUT2D eigenvalue weighted by Gasteiger charge is -2.26. The number of anilines is 1. The summed E-state index contributed by atoms with van der Waals surface area (Å²) in [4.78, 5) is 13.4. The van der Waals surface area contributed by atoms with E-state index < -0.39 is 22.0 Å². The van der Waals surface area contributed by atoms with Gasteiger partial charge in [-0.1, -0.05) is 51.3 Å². The molecule has 32 heavy (non-hydrogen) atoms. The van der Waals surface area contributed by atoms with E-state index in [4.69, 9.17) is 21.1 Å². The van der Waals surface area contributed by atoms with Crippen molar-refractivity contribution >= 4 is 49.1 Å². The lowest BCUT2D eigenvalue weighted by Crippen LogP contribution is -2.44. The molecule has 0 saturated carbocycles. The molecular weight excluding hydrogens is 518 g/mol. The first-order valence-corrected chi connectivity index (χ1v) is 12.2. The van der Waals surface area contributed by atoms with Crippen molar-refractivity contribution in [2.45, 2.75) is 24.8 Å². The molecular formula is C23H21BrClNO5S. The minimum atomic E-state index is -4.26. The second kappa shape index (κ2) is 9.94. The summed E-state index contributed by atoms with van der Waals surface area (Å²) in [6, 6.07) is 17.5. The number of hydrogen-bond donors (Lipinski definition) is 0. The van der Waals surface area contributed by atoms with E-state index in [0.717, 1.165) is 10.0 Å². The number of aryl methyl sites for hydroxylation is 1. The van der Waals surface area contributed by atoms with Crippen molar-refractivity contribution in [3.63, 3.8) is 0 Å². The molecule has 3 rings (SSSR count). The zero-order valence-electron chi connectivity index (χ0n) is 17.6. The molecule has 9 heteroatoms. The summed E-state index contributed by atoms with van der Waals surface area (Å²) < 4.78 is 39.4. The summed E-state index contributed by atoms with van der Waals surface area (Å²) in [5, 5.41) is 0.169. The smallest absolute Gasteiger partial charge is 0.281 e. The van der Waals surface area contributed by atoms with Gasteiger partial charge in [-0.05, 0) is 62.4 Å². The van der Waals surface area contributed by atoms with E-state index in [9.17, 15) is 13.2 Å². The Labute approximate surface area is 200 Å². The van der Waals surface area contributed by atoms with Crippen LogP contribution in [-0.2, 0) is 14.8 Å². The number of ether oxygens (including phenoxy) is 2. The molecule has 0 aliphatic heterocycles. The van der Waals surface area contributed by atoms with Gasteiger partial charge in [-0.25, -0.2) is 8.42 Å². The van der Waals surface area contributed by atoms with Crippen LogP contribution in [0.2, 0.25) is 5.02 Å². The van der Waals surface area contributed by atoms with Crippen molar-refractivity contribution in [3.05, 3.63) is 81.8 Å². The highest BCUT2D eigenvalue weighted by Gasteiger charge is 2.35. The number of carbonyl (C=O) groups is 1. The number of carbonyl (C=O) groups excluding carboxylic acids is 1. The predicted molar refractivity (Wildman–Crippen MR) is 128 cm³/mol. The third-order valence-electron chi connectivity index (χ3n) is 4.59. The van der Waals surface area contributed by atoms with E-state index in [-0.39, 0.29) is 15.6 Å². The average Bonchev–Trinajstić information content (AvgIpc) is 2.74. The maximum Gasteiger partial charge on any atom is 0.281 e. The summed E-state index contributed by atoms with van der Waals surface area (Å²) in [5.41, 5.74) is 0.965. The number of benzene rings is 3. The summed E-state index contributed by atoms with van der Waals surface area (Å²) in [7, 11) is -2.81. The molecule has 0 N–H and O–H groups in total. The molecule has 1 amide bonds. The average molecular weight is 539 g/mol. The van der Waals surface area contributed by atoms with Crippen LogP contribution >= 0.6 is 27.5 Å². The summed E-state index contributed by atoms with van der Waals surface area (Å²) in [6.07, 6.45) is -1.11. The summed E-state index contributed by atoms with van der Waals surface area (Å²) in [6.45, 7) is 3.34. The summed E-state index contributed by atoms with van der Waals surface area (Å²) >= 11 is 9.57. The van der Waals surface area contributed by atoms with Crippen molar-refractivity contribution in [1.29, 1.82) is 0 Å². The molecule has 168 valence electrons. The zero-order chi connectivity index (χ0) is 23.5. The van der Waals surface area contributed by atoms with Gasteiger partial charge in [0.05, 0.1) is 22.7 Å². The standard InChI is InChI=1S/C23H21BrClNO5S/c1-15-7-10-20(11-8-15)32(28,29)26(18-9-12-22(30-3)21(25)14-18)23(27)16(2)31-19-6-4-5-17(24)13-19/h4-14,16H,1-3H3. The second-order valence-electron chi connectivity index (χ2n) is 6.96. The number of hydrogen-bond acceptors (Lipinski definition) is 5. The normalized spacial score (nSPS) is 12.2. The maximum absolute atomic E-state index is 13.5. The summed E-state index contributed by atoms with van der Waals surface area (Å²) in [5.74, 6) is 0.00133. The lowest BCUT2D eigenvalue weighted by atomic mass is 10.2. The lowest BCUT2D eigenvalue weighted by molar-refractivity contribution is -0.123. The highest BCUT2D eigenvalue weighted by atomic mass is 79.9. The Morgan fingerprint density at radius 2 is 1.75 bits per heavy atom. The Hall–Kier alpha value is -2.55. The fraction of sp³-hybridized carbons (Fsp3) is 0.174. The minimum Gasteiger partial charge on any atom is -0.495 e. The molecule has 3 aromatic rings. The van der Waals surface area contributed by atoms with Crippen molar-refractivity contribution in [2.75, 3.05) is 11.4 Å². The van der Waals surface area contributed by atoms with Gasteiger partial charge >= 0.3 is 0 Å². The van der Waals surface area contributed by atoms with Gasteiger partial charge in [-0.15, -0.1) is 0 Å². The van der Waals surface area contributed by atoms with Crippen LogP contribution in [0, 0.1) is 6.92 Å². The van der Waals surface area contributed by atoms with Crippen molar-refractivity contribution in [3.8, 4) is 11.5 Å². The molecule has 1 atom stereocenters. The fourth-order valence-corrected chi connectivity index (χ4v) is 5.04. The molecule has 0 aromatic heterocycles. The number of halogens is 2. The van der Waals surface area contributed by atoms with E-state index in [1.165, 1.54) is 44.4 Å². The monoisotopic (exact) mass is 537 g/mol. The van der Waals surface area contributed by atoms with Gasteiger partial charge < -0.3 is 9.47 Å². The zero-order valence-corrected chi connectivity index (χ0v) is 20.7. The van der Waals surface area contributed by atoms with Gasteiger partial charge in [0, 0.05) is 4.47 Å². The van der Waals surface area contributed by atoms with Gasteiger partial charge in [-0.3, -0.25) is 4.79 Å². The first-order valence-electron chi connectivity index (χ1n) is 9.55. The number of sulfonamides is 1. The van der Waals surface area contributed by atoms with E-state index in [1.54, 1.807) is 30.3 Å². The van der Waals surface area contributed by atoms with Gasteiger partial charge in [-0.2, -0.15) is 4.31 Å². The molecule has 0 radical (unpaired) electrons. The van der Waals surface area contributed by atoms with Crippen LogP contribution in [0.5, 0.6) is 11.5 Å². The molecule has 3 aromatic carbocycles. The highest BCUT2D eigenvalue weighted by molar-refractivity contribution is 9.10. The Morgan fingerprint density at radius 1 is 1.06 bits per heavy atom. The topological polar surface area (TPSA) is 72.9 Å². The van der Waals surface area contributed by atoms with Crippen LogP contribution in [0.25, 0.3) is 0 Å². The third-order valence-corrected chi connectivity index (χ3v) is 7.11. The van der Waals surface area contributed by atoms with Gasteiger partial charge in [0.25, 0.3) is 15.9 Å². The maximum atomic E-state index is 13.5. The van der Waals surface area contributed by atoms with Crippen molar-refractivity contribution < 1.29 is 22.7 Å². The second-order valence-corrected chi connectivity index (χ2v) is 10.1. The number of methoxy groups -OCH3 is 1. The third kappa shape index (κ3) is 5.26. The van der Waals surface area contributed by atoms with Crippen LogP contribution in [0.3, 0.4) is 0 Å². The Bertz CT molecular complexity index is 1230. The van der Waals surface area contributed by atoms with Crippen LogP contribution < -0.4 is 13.8 Å². The van der Waals surface area contributed by atoms with Crippen LogP contribution in [0.4, 0.5) is 5.69 Å². The van der Waals surface area contributed by atoms with Gasteiger partial charge in [0.2, 0.25) is 0 Å². The van der Waals surface area contributed by atoms with Crippen molar-refractivity contribution in [2.24, 2.45) is 0 Å². The van der Waals surface area contributed by atoms with Gasteiger partial charge in [0.1, 0.15) is 11.5 Å². The van der Waals surface area contributed by atoms with E-state index in [0.29, 0.717) is 15.8 Å². The Morgan fingerprint density at radius 3 is 2.34 bits per heavy atom. The molecule has 0 spiro atoms. The van der Waals surface area contributed by atoms with E-state index >= 15 is 0 Å². The molecule has 0 aliphatic rings. The number of nitrogens with zero attached hydrogens (tertiary/aromatic N) is 1. The van der Waals surface area contributed by atoms with Gasteiger partial charge in [0.15, 0.2) is 6.10 Å².